The Kier molecular flexibility index (Phi) is 4.58. The van der Waals surface area contributed by atoms with E-state index in [0.717, 1.165) is 5.75 Å². The van der Waals surface area contributed by atoms with Crippen molar-refractivity contribution in [2.24, 2.45) is 0 Å². The van der Waals surface area contributed by atoms with E-state index in [9.17, 15) is 4.79 Å². The quantitative estimate of drug-likeness (QED) is 0.618. The molecule has 1 aromatic carbocycles. The van der Waals surface area contributed by atoms with Crippen LogP contribution in [0, 0.1) is 0 Å². The maximum Gasteiger partial charge on any atom is 0.194 e. The van der Waals surface area contributed by atoms with Gasteiger partial charge in [-0.2, -0.15) is 0 Å². The van der Waals surface area contributed by atoms with Crippen LogP contribution in [0.25, 0.3) is 0 Å². The molecule has 0 atom stereocenters. The SMILES string of the molecule is CCSc1ccc(C(=O)c2cncc(OC)c2)cc1. The number of aromatic nitrogens is 1. The minimum absolute atomic E-state index is 0.0422. The molecule has 0 aliphatic carbocycles. The molecule has 0 fully saturated rings. The first kappa shape index (κ1) is 13.6. The highest BCUT2D eigenvalue weighted by molar-refractivity contribution is 7.99. The topological polar surface area (TPSA) is 39.2 Å². The summed E-state index contributed by atoms with van der Waals surface area (Å²) in [6, 6.07) is 9.33. The lowest BCUT2D eigenvalue weighted by atomic mass is 10.1. The van der Waals surface area contributed by atoms with Crippen LogP contribution < -0.4 is 4.74 Å². The molecule has 0 amide bonds. The van der Waals surface area contributed by atoms with Gasteiger partial charge in [0.1, 0.15) is 5.75 Å². The lowest BCUT2D eigenvalue weighted by molar-refractivity contribution is 0.103. The molecule has 3 nitrogen and oxygen atoms in total. The van der Waals surface area contributed by atoms with Gasteiger partial charge in [-0.05, 0) is 36.1 Å². The Morgan fingerprint density at radius 2 is 1.95 bits per heavy atom. The van der Waals surface area contributed by atoms with Gasteiger partial charge in [-0.1, -0.05) is 6.92 Å². The first-order valence-electron chi connectivity index (χ1n) is 6.01. The first-order valence-corrected chi connectivity index (χ1v) is 6.99. The fraction of sp³-hybridized carbons (Fsp3) is 0.200. The summed E-state index contributed by atoms with van der Waals surface area (Å²) < 4.78 is 5.07. The molecule has 0 N–H and O–H groups in total. The average molecular weight is 273 g/mol. The summed E-state index contributed by atoms with van der Waals surface area (Å²) in [5.41, 5.74) is 1.20. The zero-order valence-corrected chi connectivity index (χ0v) is 11.7. The predicted molar refractivity (Wildman–Crippen MR) is 77.1 cm³/mol. The number of hydrogen-bond acceptors (Lipinski definition) is 4. The van der Waals surface area contributed by atoms with Gasteiger partial charge >= 0.3 is 0 Å². The van der Waals surface area contributed by atoms with Crippen molar-refractivity contribution < 1.29 is 9.53 Å². The number of rotatable bonds is 5. The number of benzene rings is 1. The summed E-state index contributed by atoms with van der Waals surface area (Å²) in [5, 5.41) is 0. The van der Waals surface area contributed by atoms with Crippen LogP contribution >= 0.6 is 11.8 Å². The fourth-order valence-electron chi connectivity index (χ4n) is 1.69. The first-order chi connectivity index (χ1) is 9.24. The highest BCUT2D eigenvalue weighted by Gasteiger charge is 2.10. The van der Waals surface area contributed by atoms with Crippen LogP contribution in [0.3, 0.4) is 0 Å². The number of hydrogen-bond donors (Lipinski definition) is 0. The highest BCUT2D eigenvalue weighted by atomic mass is 32.2. The van der Waals surface area contributed by atoms with Crippen molar-refractivity contribution in [3.05, 3.63) is 53.9 Å². The molecule has 19 heavy (non-hydrogen) atoms. The number of thioether (sulfide) groups is 1. The van der Waals surface area contributed by atoms with Gasteiger partial charge in [0.25, 0.3) is 0 Å². The van der Waals surface area contributed by atoms with E-state index in [1.165, 1.54) is 4.90 Å². The Balaban J connectivity index is 2.22. The van der Waals surface area contributed by atoms with Crippen molar-refractivity contribution in [2.45, 2.75) is 11.8 Å². The molecule has 4 heteroatoms. The van der Waals surface area contributed by atoms with Crippen LogP contribution in [0.5, 0.6) is 5.75 Å². The lowest BCUT2D eigenvalue weighted by Gasteiger charge is -2.04. The molecule has 0 saturated carbocycles. The van der Waals surface area contributed by atoms with Gasteiger partial charge in [0.05, 0.1) is 13.3 Å². The van der Waals surface area contributed by atoms with E-state index < -0.39 is 0 Å². The third-order valence-electron chi connectivity index (χ3n) is 2.64. The number of carbonyl (C=O) groups is 1. The maximum absolute atomic E-state index is 12.3. The Labute approximate surface area is 117 Å². The number of ketones is 1. The molecule has 0 bridgehead atoms. The molecule has 1 aromatic heterocycles. The molecule has 98 valence electrons. The third kappa shape index (κ3) is 3.35. The van der Waals surface area contributed by atoms with Gasteiger partial charge in [0.2, 0.25) is 0 Å². The predicted octanol–water partition coefficient (Wildman–Crippen LogP) is 3.43. The number of ether oxygens (including phenoxy) is 1. The second kappa shape index (κ2) is 6.38. The highest BCUT2D eigenvalue weighted by Crippen LogP contribution is 2.20. The normalized spacial score (nSPS) is 10.2. The second-order valence-corrected chi connectivity index (χ2v) is 5.24. The van der Waals surface area contributed by atoms with Crippen LogP contribution in [0.4, 0.5) is 0 Å². The number of carbonyl (C=O) groups excluding carboxylic acids is 1. The van der Waals surface area contributed by atoms with E-state index in [1.807, 2.05) is 24.3 Å². The van der Waals surface area contributed by atoms with Crippen molar-refractivity contribution >= 4 is 17.5 Å². The molecule has 1 heterocycles. The van der Waals surface area contributed by atoms with Crippen LogP contribution in [0.1, 0.15) is 22.8 Å². The summed E-state index contributed by atoms with van der Waals surface area (Å²) in [7, 11) is 1.56. The third-order valence-corrected chi connectivity index (χ3v) is 3.53. The number of pyridine rings is 1. The van der Waals surface area contributed by atoms with Crippen LogP contribution in [-0.2, 0) is 0 Å². The minimum Gasteiger partial charge on any atom is -0.495 e. The van der Waals surface area contributed by atoms with Crippen molar-refractivity contribution in [1.82, 2.24) is 4.98 Å². The molecule has 0 unspecified atom stereocenters. The lowest BCUT2D eigenvalue weighted by Crippen LogP contribution is -2.02. The molecule has 2 aromatic rings. The average Bonchev–Trinajstić information content (AvgIpc) is 2.48. The summed E-state index contributed by atoms with van der Waals surface area (Å²) in [6.45, 7) is 2.10. The van der Waals surface area contributed by atoms with E-state index in [2.05, 4.69) is 11.9 Å². The van der Waals surface area contributed by atoms with Gasteiger partial charge < -0.3 is 4.74 Å². The van der Waals surface area contributed by atoms with E-state index >= 15 is 0 Å². The van der Waals surface area contributed by atoms with Gasteiger partial charge in [0.15, 0.2) is 5.78 Å². The fourth-order valence-corrected chi connectivity index (χ4v) is 2.35. The molecular formula is C15H15NO2S. The van der Waals surface area contributed by atoms with Crippen molar-refractivity contribution in [1.29, 1.82) is 0 Å². The zero-order chi connectivity index (χ0) is 13.7. The van der Waals surface area contributed by atoms with Gasteiger partial charge in [-0.25, -0.2) is 0 Å². The van der Waals surface area contributed by atoms with Gasteiger partial charge in [-0.3, -0.25) is 9.78 Å². The summed E-state index contributed by atoms with van der Waals surface area (Å²) in [4.78, 5) is 17.4. The van der Waals surface area contributed by atoms with Crippen molar-refractivity contribution in [3.63, 3.8) is 0 Å². The molecule has 2 rings (SSSR count). The van der Waals surface area contributed by atoms with E-state index in [-0.39, 0.29) is 5.78 Å². The minimum atomic E-state index is -0.0422. The second-order valence-electron chi connectivity index (χ2n) is 3.90. The molecule has 0 aliphatic rings. The number of nitrogens with zero attached hydrogens (tertiary/aromatic N) is 1. The number of methoxy groups -OCH3 is 1. The van der Waals surface area contributed by atoms with Crippen LogP contribution in [-0.4, -0.2) is 23.6 Å². The zero-order valence-electron chi connectivity index (χ0n) is 10.9. The Hall–Kier alpha value is -1.81. The van der Waals surface area contributed by atoms with E-state index in [4.69, 9.17) is 4.74 Å². The van der Waals surface area contributed by atoms with Gasteiger partial charge in [0, 0.05) is 22.2 Å². The van der Waals surface area contributed by atoms with Gasteiger partial charge in [-0.15, -0.1) is 11.8 Å². The van der Waals surface area contributed by atoms with Crippen LogP contribution in [0.2, 0.25) is 0 Å². The maximum atomic E-state index is 12.3. The largest absolute Gasteiger partial charge is 0.495 e. The van der Waals surface area contributed by atoms with E-state index in [1.54, 1.807) is 37.3 Å². The van der Waals surface area contributed by atoms with Crippen molar-refractivity contribution in [2.75, 3.05) is 12.9 Å². The molecule has 0 saturated heterocycles. The molecule has 0 aliphatic heterocycles. The standard InChI is InChI=1S/C15H15NO2S/c1-3-19-14-6-4-11(5-7-14)15(17)12-8-13(18-2)10-16-9-12/h4-10H,3H2,1-2H3. The monoisotopic (exact) mass is 273 g/mol. The molecule has 0 radical (unpaired) electrons. The molecular weight excluding hydrogens is 258 g/mol. The van der Waals surface area contributed by atoms with Crippen LogP contribution in [0.15, 0.2) is 47.6 Å². The summed E-state index contributed by atoms with van der Waals surface area (Å²) >= 11 is 1.75. The Morgan fingerprint density at radius 3 is 2.58 bits per heavy atom. The van der Waals surface area contributed by atoms with Crippen molar-refractivity contribution in [3.8, 4) is 5.75 Å². The van der Waals surface area contributed by atoms with E-state index in [0.29, 0.717) is 16.9 Å². The smallest absolute Gasteiger partial charge is 0.194 e. The Morgan fingerprint density at radius 1 is 1.21 bits per heavy atom. The molecule has 0 spiro atoms. The summed E-state index contributed by atoms with van der Waals surface area (Å²) in [6.07, 6.45) is 3.14. The summed E-state index contributed by atoms with van der Waals surface area (Å²) in [5.74, 6) is 1.57. The Bertz CT molecular complexity index is 567.